The van der Waals surface area contributed by atoms with E-state index in [0.29, 0.717) is 5.92 Å². The summed E-state index contributed by atoms with van der Waals surface area (Å²) in [4.78, 5) is 4.32. The van der Waals surface area contributed by atoms with Crippen LogP contribution in [0.3, 0.4) is 0 Å². The van der Waals surface area contributed by atoms with Gasteiger partial charge in [-0.25, -0.2) is 0 Å². The van der Waals surface area contributed by atoms with Gasteiger partial charge in [0.2, 0.25) is 0 Å². The van der Waals surface area contributed by atoms with Gasteiger partial charge in [0, 0.05) is 11.6 Å². The van der Waals surface area contributed by atoms with Crippen molar-refractivity contribution in [2.24, 2.45) is 0 Å². The van der Waals surface area contributed by atoms with Crippen molar-refractivity contribution in [2.75, 3.05) is 0 Å². The lowest BCUT2D eigenvalue weighted by Crippen LogP contribution is -1.91. The molecule has 2 aromatic rings. The first kappa shape index (κ1) is 8.95. The molecule has 1 atom stereocenters. The maximum Gasteiger partial charge on any atom is 0.0704 e. The monoisotopic (exact) mass is 183 g/mol. The number of aromatic nitrogens is 1. The number of fused-ring (bicyclic) bond motifs is 1. The number of pyridine rings is 1. The van der Waals surface area contributed by atoms with Crippen LogP contribution in [0.15, 0.2) is 49.2 Å². The Morgan fingerprint density at radius 2 is 2.07 bits per heavy atom. The van der Waals surface area contributed by atoms with Gasteiger partial charge in [-0.15, -0.1) is 6.58 Å². The predicted molar refractivity (Wildman–Crippen MR) is 60.4 cm³/mol. The molecule has 0 bridgehead atoms. The second-order valence-electron chi connectivity index (χ2n) is 3.44. The van der Waals surface area contributed by atoms with Crippen molar-refractivity contribution in [3.63, 3.8) is 0 Å². The van der Waals surface area contributed by atoms with Crippen molar-refractivity contribution in [1.29, 1.82) is 0 Å². The normalized spacial score (nSPS) is 12.6. The van der Waals surface area contributed by atoms with E-state index in [0.717, 1.165) is 5.52 Å². The molecular weight excluding hydrogens is 170 g/mol. The van der Waals surface area contributed by atoms with Gasteiger partial charge in [0.25, 0.3) is 0 Å². The Hall–Kier alpha value is -1.63. The van der Waals surface area contributed by atoms with Crippen molar-refractivity contribution >= 4 is 10.9 Å². The third-order valence-corrected chi connectivity index (χ3v) is 2.53. The number of nitrogens with zero attached hydrogens (tertiary/aromatic N) is 1. The minimum Gasteiger partial charge on any atom is -0.256 e. The largest absolute Gasteiger partial charge is 0.256 e. The van der Waals surface area contributed by atoms with Crippen LogP contribution in [0.4, 0.5) is 0 Å². The van der Waals surface area contributed by atoms with Crippen LogP contribution >= 0.6 is 0 Å². The molecule has 2 rings (SSSR count). The Morgan fingerprint density at radius 1 is 1.29 bits per heavy atom. The third kappa shape index (κ3) is 1.41. The smallest absolute Gasteiger partial charge is 0.0704 e. The number of para-hydroxylation sites is 1. The fourth-order valence-corrected chi connectivity index (χ4v) is 1.64. The summed E-state index contributed by atoms with van der Waals surface area (Å²) in [5.74, 6) is 0.378. The molecule has 1 aromatic heterocycles. The Morgan fingerprint density at radius 3 is 2.86 bits per heavy atom. The van der Waals surface area contributed by atoms with Crippen molar-refractivity contribution in [3.8, 4) is 0 Å². The van der Waals surface area contributed by atoms with Crippen LogP contribution in [-0.4, -0.2) is 4.98 Å². The zero-order valence-electron chi connectivity index (χ0n) is 8.27. The summed E-state index contributed by atoms with van der Waals surface area (Å²) in [6, 6.07) is 10.3. The molecule has 14 heavy (non-hydrogen) atoms. The van der Waals surface area contributed by atoms with Gasteiger partial charge in [0.1, 0.15) is 0 Å². The highest BCUT2D eigenvalue weighted by molar-refractivity contribution is 5.82. The lowest BCUT2D eigenvalue weighted by Gasteiger charge is -2.09. The van der Waals surface area contributed by atoms with E-state index in [1.165, 1.54) is 10.9 Å². The molecule has 0 N–H and O–H groups in total. The Labute approximate surface area is 84.1 Å². The van der Waals surface area contributed by atoms with E-state index in [-0.39, 0.29) is 0 Å². The second kappa shape index (κ2) is 3.62. The Bertz CT molecular complexity index is 454. The average molecular weight is 183 g/mol. The molecule has 0 aliphatic carbocycles. The van der Waals surface area contributed by atoms with Crippen molar-refractivity contribution in [1.82, 2.24) is 4.98 Å². The SMILES string of the molecule is C=CC(C)c1ccnc2ccccc12. The first-order valence-corrected chi connectivity index (χ1v) is 4.79. The highest BCUT2D eigenvalue weighted by Gasteiger charge is 2.05. The highest BCUT2D eigenvalue weighted by Crippen LogP contribution is 2.24. The Kier molecular flexibility index (Phi) is 2.32. The van der Waals surface area contributed by atoms with E-state index >= 15 is 0 Å². The number of benzene rings is 1. The molecule has 1 aromatic carbocycles. The van der Waals surface area contributed by atoms with E-state index in [2.05, 4.69) is 30.6 Å². The van der Waals surface area contributed by atoms with Crippen molar-refractivity contribution < 1.29 is 0 Å². The van der Waals surface area contributed by atoms with E-state index in [9.17, 15) is 0 Å². The Balaban J connectivity index is 2.70. The number of hydrogen-bond acceptors (Lipinski definition) is 1. The maximum atomic E-state index is 4.32. The van der Waals surface area contributed by atoms with Gasteiger partial charge >= 0.3 is 0 Å². The molecule has 0 radical (unpaired) electrons. The maximum absolute atomic E-state index is 4.32. The van der Waals surface area contributed by atoms with E-state index in [1.54, 1.807) is 0 Å². The summed E-state index contributed by atoms with van der Waals surface area (Å²) in [7, 11) is 0. The summed E-state index contributed by atoms with van der Waals surface area (Å²) in [6.45, 7) is 5.97. The molecule has 1 heteroatoms. The van der Waals surface area contributed by atoms with Crippen LogP contribution in [0, 0.1) is 0 Å². The molecule has 0 amide bonds. The molecule has 1 nitrogen and oxygen atoms in total. The van der Waals surface area contributed by atoms with Crippen molar-refractivity contribution in [2.45, 2.75) is 12.8 Å². The molecule has 0 aliphatic heterocycles. The molecule has 1 unspecified atom stereocenters. The van der Waals surface area contributed by atoms with E-state index < -0.39 is 0 Å². The molecule has 0 saturated carbocycles. The van der Waals surface area contributed by atoms with Crippen LogP contribution in [0.25, 0.3) is 10.9 Å². The van der Waals surface area contributed by atoms with Crippen LogP contribution in [-0.2, 0) is 0 Å². The van der Waals surface area contributed by atoms with Crippen LogP contribution in [0.1, 0.15) is 18.4 Å². The first-order chi connectivity index (χ1) is 6.83. The summed E-state index contributed by atoms with van der Waals surface area (Å²) >= 11 is 0. The van der Waals surface area contributed by atoms with Crippen LogP contribution in [0.5, 0.6) is 0 Å². The molecule has 70 valence electrons. The van der Waals surface area contributed by atoms with Gasteiger partial charge in [-0.2, -0.15) is 0 Å². The lowest BCUT2D eigenvalue weighted by molar-refractivity contribution is 0.980. The predicted octanol–water partition coefficient (Wildman–Crippen LogP) is 3.52. The van der Waals surface area contributed by atoms with Gasteiger partial charge in [-0.05, 0) is 23.6 Å². The van der Waals surface area contributed by atoms with Gasteiger partial charge < -0.3 is 0 Å². The standard InChI is InChI=1S/C13H13N/c1-3-10(2)11-8-9-14-13-7-5-4-6-12(11)13/h3-10H,1H2,2H3. The number of hydrogen-bond donors (Lipinski definition) is 0. The highest BCUT2D eigenvalue weighted by atomic mass is 14.6. The molecule has 0 spiro atoms. The van der Waals surface area contributed by atoms with Crippen LogP contribution in [0.2, 0.25) is 0 Å². The summed E-state index contributed by atoms with van der Waals surface area (Å²) < 4.78 is 0. The summed E-state index contributed by atoms with van der Waals surface area (Å²) in [5.41, 5.74) is 2.35. The average Bonchev–Trinajstić information content (AvgIpc) is 2.27. The van der Waals surface area contributed by atoms with E-state index in [4.69, 9.17) is 0 Å². The topological polar surface area (TPSA) is 12.9 Å². The quantitative estimate of drug-likeness (QED) is 0.649. The summed E-state index contributed by atoms with van der Waals surface area (Å²) in [6.07, 6.45) is 3.82. The molecule has 0 saturated heterocycles. The molecular formula is C13H13N. The molecule has 0 fully saturated rings. The molecule has 1 heterocycles. The van der Waals surface area contributed by atoms with E-state index in [1.807, 2.05) is 30.5 Å². The first-order valence-electron chi connectivity index (χ1n) is 4.79. The van der Waals surface area contributed by atoms with Gasteiger partial charge in [0.15, 0.2) is 0 Å². The van der Waals surface area contributed by atoms with Gasteiger partial charge in [-0.3, -0.25) is 4.98 Å². The fraction of sp³-hybridized carbons (Fsp3) is 0.154. The fourth-order valence-electron chi connectivity index (χ4n) is 1.64. The van der Waals surface area contributed by atoms with Gasteiger partial charge in [0.05, 0.1) is 5.52 Å². The molecule has 0 aliphatic rings. The second-order valence-corrected chi connectivity index (χ2v) is 3.44. The zero-order valence-corrected chi connectivity index (χ0v) is 8.27. The minimum absolute atomic E-state index is 0.378. The zero-order chi connectivity index (χ0) is 9.97. The number of rotatable bonds is 2. The van der Waals surface area contributed by atoms with Crippen LogP contribution < -0.4 is 0 Å². The van der Waals surface area contributed by atoms with Crippen molar-refractivity contribution in [3.05, 3.63) is 54.7 Å². The summed E-state index contributed by atoms with van der Waals surface area (Å²) in [5, 5.41) is 1.22. The number of allylic oxidation sites excluding steroid dienone is 1. The minimum atomic E-state index is 0.378. The lowest BCUT2D eigenvalue weighted by atomic mass is 9.98. The third-order valence-electron chi connectivity index (χ3n) is 2.53. The van der Waals surface area contributed by atoms with Gasteiger partial charge in [-0.1, -0.05) is 31.2 Å².